The molecule has 0 spiro atoms. The van der Waals surface area contributed by atoms with Crippen LogP contribution in [0.15, 0.2) is 24.0 Å². The van der Waals surface area contributed by atoms with Crippen LogP contribution in [0.3, 0.4) is 0 Å². The number of aliphatic carboxylic acids is 2. The number of rotatable bonds is 4. The van der Waals surface area contributed by atoms with Crippen LogP contribution in [0.1, 0.15) is 0 Å². The predicted molar refractivity (Wildman–Crippen MR) is 52.7 cm³/mol. The van der Waals surface area contributed by atoms with E-state index in [2.05, 4.69) is 0 Å². The highest BCUT2D eigenvalue weighted by Gasteiger charge is 2.54. The van der Waals surface area contributed by atoms with Crippen molar-refractivity contribution in [2.45, 2.75) is 5.60 Å². The first-order valence-electron chi connectivity index (χ1n) is 4.45. The van der Waals surface area contributed by atoms with Gasteiger partial charge in [-0.05, 0) is 6.08 Å². The lowest BCUT2D eigenvalue weighted by atomic mass is 9.82. The fourth-order valence-corrected chi connectivity index (χ4v) is 1.70. The van der Waals surface area contributed by atoms with Crippen LogP contribution in [0.4, 0.5) is 0 Å². The van der Waals surface area contributed by atoms with Crippen LogP contribution in [-0.4, -0.2) is 42.0 Å². The van der Waals surface area contributed by atoms with Gasteiger partial charge in [-0.25, -0.2) is 4.79 Å². The quantitative estimate of drug-likeness (QED) is 0.716. The smallest absolute Gasteiger partial charge is 0.345 e. The van der Waals surface area contributed by atoms with Gasteiger partial charge in [0, 0.05) is 7.11 Å². The minimum Gasteiger partial charge on any atom is -0.497 e. The third-order valence-electron chi connectivity index (χ3n) is 2.48. The summed E-state index contributed by atoms with van der Waals surface area (Å²) in [5.41, 5.74) is -2.00. The highest BCUT2D eigenvalue weighted by Crippen LogP contribution is 2.35. The van der Waals surface area contributed by atoms with E-state index in [1.807, 2.05) is 0 Å². The second-order valence-corrected chi connectivity index (χ2v) is 3.18. The molecule has 0 aromatic heterocycles. The van der Waals surface area contributed by atoms with Crippen LogP contribution in [0.25, 0.3) is 0 Å². The minimum atomic E-state index is -2.00. The SMILES string of the molecule is COC1=CC=CC(C(=O)O)C1(OC)C(=O)O. The van der Waals surface area contributed by atoms with Gasteiger partial charge < -0.3 is 19.7 Å². The lowest BCUT2D eigenvalue weighted by molar-refractivity contribution is -0.174. The zero-order chi connectivity index (χ0) is 12.3. The van der Waals surface area contributed by atoms with Crippen molar-refractivity contribution in [3.63, 3.8) is 0 Å². The van der Waals surface area contributed by atoms with E-state index >= 15 is 0 Å². The Morgan fingerprint density at radius 2 is 2.00 bits per heavy atom. The second kappa shape index (κ2) is 4.36. The Kier molecular flexibility index (Phi) is 3.34. The van der Waals surface area contributed by atoms with Crippen LogP contribution in [0, 0.1) is 5.92 Å². The van der Waals surface area contributed by atoms with Gasteiger partial charge in [-0.2, -0.15) is 0 Å². The Hall–Kier alpha value is -1.82. The number of hydrogen-bond acceptors (Lipinski definition) is 4. The fraction of sp³-hybridized carbons (Fsp3) is 0.400. The minimum absolute atomic E-state index is 0.0441. The van der Waals surface area contributed by atoms with E-state index in [-0.39, 0.29) is 5.76 Å². The van der Waals surface area contributed by atoms with E-state index in [0.29, 0.717) is 0 Å². The summed E-state index contributed by atoms with van der Waals surface area (Å²) in [5.74, 6) is -4.06. The lowest BCUT2D eigenvalue weighted by Gasteiger charge is -2.34. The van der Waals surface area contributed by atoms with E-state index < -0.39 is 23.5 Å². The standard InChI is InChI=1S/C10H12O6/c1-15-7-5-3-4-6(8(11)12)10(7,16-2)9(13)14/h3-6H,1-2H3,(H,11,12)(H,13,14). The Balaban J connectivity index is 3.33. The van der Waals surface area contributed by atoms with E-state index in [0.717, 1.165) is 7.11 Å². The van der Waals surface area contributed by atoms with Gasteiger partial charge in [-0.15, -0.1) is 0 Å². The van der Waals surface area contributed by atoms with Gasteiger partial charge in [0.1, 0.15) is 11.7 Å². The molecule has 88 valence electrons. The Labute approximate surface area is 91.8 Å². The molecule has 0 aliphatic heterocycles. The van der Waals surface area contributed by atoms with E-state index in [9.17, 15) is 9.59 Å². The molecule has 6 nitrogen and oxygen atoms in total. The van der Waals surface area contributed by atoms with Crippen molar-refractivity contribution >= 4 is 11.9 Å². The number of methoxy groups -OCH3 is 2. The zero-order valence-electron chi connectivity index (χ0n) is 8.84. The molecule has 1 aliphatic rings. The topological polar surface area (TPSA) is 93.1 Å². The molecule has 2 atom stereocenters. The largest absolute Gasteiger partial charge is 0.497 e. The van der Waals surface area contributed by atoms with E-state index in [1.165, 1.54) is 25.3 Å². The third-order valence-corrected chi connectivity index (χ3v) is 2.48. The van der Waals surface area contributed by atoms with Gasteiger partial charge in [0.05, 0.1) is 7.11 Å². The van der Waals surface area contributed by atoms with Gasteiger partial charge in [0.25, 0.3) is 0 Å². The summed E-state index contributed by atoms with van der Waals surface area (Å²) in [5, 5.41) is 18.2. The molecular weight excluding hydrogens is 216 g/mol. The molecule has 0 amide bonds. The van der Waals surface area contributed by atoms with Crippen molar-refractivity contribution in [2.75, 3.05) is 14.2 Å². The average molecular weight is 228 g/mol. The normalized spacial score (nSPS) is 28.4. The fourth-order valence-electron chi connectivity index (χ4n) is 1.70. The van der Waals surface area contributed by atoms with Gasteiger partial charge in [-0.1, -0.05) is 12.2 Å². The molecular formula is C10H12O6. The van der Waals surface area contributed by atoms with Gasteiger partial charge in [0.15, 0.2) is 0 Å². The summed E-state index contributed by atoms with van der Waals surface area (Å²) < 4.78 is 9.77. The summed E-state index contributed by atoms with van der Waals surface area (Å²) in [6.45, 7) is 0. The third kappa shape index (κ3) is 1.57. The van der Waals surface area contributed by atoms with Gasteiger partial charge >= 0.3 is 11.9 Å². The van der Waals surface area contributed by atoms with E-state index in [4.69, 9.17) is 19.7 Å². The summed E-state index contributed by atoms with van der Waals surface area (Å²) in [6.07, 6.45) is 4.05. The Morgan fingerprint density at radius 3 is 2.38 bits per heavy atom. The van der Waals surface area contributed by atoms with Crippen LogP contribution in [0.5, 0.6) is 0 Å². The van der Waals surface area contributed by atoms with Crippen molar-refractivity contribution in [2.24, 2.45) is 5.92 Å². The molecule has 0 saturated carbocycles. The number of ether oxygens (including phenoxy) is 2. The summed E-state index contributed by atoms with van der Waals surface area (Å²) in [7, 11) is 2.40. The second-order valence-electron chi connectivity index (χ2n) is 3.18. The van der Waals surface area contributed by atoms with Crippen molar-refractivity contribution in [3.05, 3.63) is 24.0 Å². The molecule has 0 radical (unpaired) electrons. The van der Waals surface area contributed by atoms with Crippen LogP contribution >= 0.6 is 0 Å². The maximum absolute atomic E-state index is 11.2. The molecule has 1 aliphatic carbocycles. The zero-order valence-corrected chi connectivity index (χ0v) is 8.84. The molecule has 0 fully saturated rings. The summed E-state index contributed by atoms with van der Waals surface area (Å²) in [6, 6.07) is 0. The van der Waals surface area contributed by atoms with Crippen molar-refractivity contribution in [3.8, 4) is 0 Å². The number of allylic oxidation sites excluding steroid dienone is 2. The highest BCUT2D eigenvalue weighted by atomic mass is 16.6. The lowest BCUT2D eigenvalue weighted by Crippen LogP contribution is -2.53. The molecule has 0 aromatic rings. The predicted octanol–water partition coefficient (Wildman–Crippen LogP) is 0.257. The summed E-state index contributed by atoms with van der Waals surface area (Å²) >= 11 is 0. The first kappa shape index (κ1) is 12.3. The van der Waals surface area contributed by atoms with Crippen molar-refractivity contribution < 1.29 is 29.3 Å². The Bertz CT molecular complexity index is 370. The maximum atomic E-state index is 11.2. The monoisotopic (exact) mass is 228 g/mol. The molecule has 2 unspecified atom stereocenters. The van der Waals surface area contributed by atoms with Crippen LogP contribution in [0.2, 0.25) is 0 Å². The molecule has 2 N–H and O–H groups in total. The molecule has 0 aromatic carbocycles. The van der Waals surface area contributed by atoms with Gasteiger partial charge in [0.2, 0.25) is 5.60 Å². The number of carboxylic acids is 2. The molecule has 16 heavy (non-hydrogen) atoms. The summed E-state index contributed by atoms with van der Waals surface area (Å²) in [4.78, 5) is 22.3. The van der Waals surface area contributed by atoms with Crippen LogP contribution in [-0.2, 0) is 19.1 Å². The van der Waals surface area contributed by atoms with E-state index in [1.54, 1.807) is 0 Å². The molecule has 6 heteroatoms. The van der Waals surface area contributed by atoms with Crippen molar-refractivity contribution in [1.82, 2.24) is 0 Å². The Morgan fingerprint density at radius 1 is 1.38 bits per heavy atom. The molecule has 1 rings (SSSR count). The van der Waals surface area contributed by atoms with Crippen LogP contribution < -0.4 is 0 Å². The average Bonchev–Trinajstić information content (AvgIpc) is 2.26. The van der Waals surface area contributed by atoms with Gasteiger partial charge in [-0.3, -0.25) is 4.79 Å². The number of hydrogen-bond donors (Lipinski definition) is 2. The number of carboxylic acid groups (broad SMARTS) is 2. The molecule has 0 bridgehead atoms. The first-order valence-corrected chi connectivity index (χ1v) is 4.45. The maximum Gasteiger partial charge on any atom is 0.345 e. The van der Waals surface area contributed by atoms with Crippen molar-refractivity contribution in [1.29, 1.82) is 0 Å². The molecule has 0 saturated heterocycles. The number of carbonyl (C=O) groups is 2. The highest BCUT2D eigenvalue weighted by molar-refractivity contribution is 5.90. The molecule has 0 heterocycles. The first-order chi connectivity index (χ1) is 7.50.